The van der Waals surface area contributed by atoms with E-state index in [1.54, 1.807) is 0 Å². The number of hydrogen-bond acceptors (Lipinski definition) is 4. The van der Waals surface area contributed by atoms with Crippen LogP contribution in [0, 0.1) is 12.1 Å². The number of aliphatic hydroxyl groups is 4. The maximum atomic E-state index is 7.61. The third-order valence-electron chi connectivity index (χ3n) is 6.21. The SMILES string of the molecule is CC(O)O.CC(O)O.[Pd].[Pd].[c-]1ccccc1[PH+](c1ccccc1)c1ccccc1.[c-]1ccccc1[PH+](c1ccccc1)c1ccccc1. The van der Waals surface area contributed by atoms with Crippen molar-refractivity contribution in [2.45, 2.75) is 26.4 Å². The van der Waals surface area contributed by atoms with E-state index in [0.717, 1.165) is 0 Å². The van der Waals surface area contributed by atoms with Gasteiger partial charge in [-0.25, -0.2) is 0 Å². The van der Waals surface area contributed by atoms with Gasteiger partial charge in [-0.2, -0.15) is 36.4 Å². The van der Waals surface area contributed by atoms with Crippen molar-refractivity contribution in [3.05, 3.63) is 182 Å². The van der Waals surface area contributed by atoms with Crippen LogP contribution < -0.4 is 31.8 Å². The molecule has 0 heterocycles. The molecular formula is C40H42O4P2Pd2. The molecule has 6 aromatic carbocycles. The predicted octanol–water partition coefficient (Wildman–Crippen LogP) is 4.58. The Labute approximate surface area is 315 Å². The summed E-state index contributed by atoms with van der Waals surface area (Å²) >= 11 is 0. The largest absolute Gasteiger partial charge is 0.368 e. The van der Waals surface area contributed by atoms with Crippen LogP contribution in [0.15, 0.2) is 170 Å². The average Bonchev–Trinajstić information content (AvgIpc) is 3.08. The first-order chi connectivity index (χ1) is 22.4. The van der Waals surface area contributed by atoms with E-state index in [0.29, 0.717) is 0 Å². The minimum atomic E-state index is -1.17. The molecule has 0 atom stereocenters. The Hall–Kier alpha value is -2.66. The molecule has 0 radical (unpaired) electrons. The predicted molar refractivity (Wildman–Crippen MR) is 199 cm³/mol. The van der Waals surface area contributed by atoms with Gasteiger partial charge in [-0.3, -0.25) is 0 Å². The molecule has 0 aromatic heterocycles. The van der Waals surface area contributed by atoms with Crippen LogP contribution in [0.5, 0.6) is 0 Å². The van der Waals surface area contributed by atoms with Crippen LogP contribution in [0.4, 0.5) is 0 Å². The maximum Gasteiger partial charge on any atom is 0.148 e. The van der Waals surface area contributed by atoms with Gasteiger partial charge in [0.25, 0.3) is 0 Å². The molecule has 256 valence electrons. The van der Waals surface area contributed by atoms with Gasteiger partial charge in [-0.05, 0) is 73.0 Å². The molecule has 0 saturated heterocycles. The van der Waals surface area contributed by atoms with Gasteiger partial charge in [-0.1, -0.05) is 72.8 Å². The molecular weight excluding hydrogens is 819 g/mol. The second kappa shape index (κ2) is 25.3. The van der Waals surface area contributed by atoms with Gasteiger partial charge in [-0.15, -0.1) is 24.3 Å². The molecule has 4 nitrogen and oxygen atoms in total. The van der Waals surface area contributed by atoms with Gasteiger partial charge in [0, 0.05) is 40.8 Å². The van der Waals surface area contributed by atoms with Crippen molar-refractivity contribution >= 4 is 47.7 Å². The quantitative estimate of drug-likeness (QED) is 0.0857. The normalized spacial score (nSPS) is 9.88. The standard InChI is InChI=1S/2C18H14P.2C2H6O2.2Pd/c2*1-4-10-16(11-5-1)19(17-12-6-2-7-13-17)18-14-8-3-9-15-18;2*1-2(3)4;;/h2*1-14H;2*2-4H,1H3;;/q2*-1;;;;/p+2. The van der Waals surface area contributed by atoms with Crippen LogP contribution >= 0.6 is 15.8 Å². The summed E-state index contributed by atoms with van der Waals surface area (Å²) in [7, 11) is -1.87. The molecule has 0 bridgehead atoms. The summed E-state index contributed by atoms with van der Waals surface area (Å²) in [5.41, 5.74) is 0. The fraction of sp³-hybridized carbons (Fsp3) is 0.100. The smallest absolute Gasteiger partial charge is 0.148 e. The summed E-state index contributed by atoms with van der Waals surface area (Å²) in [6.07, 6.45) is -2.33. The first-order valence-corrected chi connectivity index (χ1v) is 18.0. The minimum Gasteiger partial charge on any atom is -0.368 e. The Balaban J connectivity index is 0.000000380. The van der Waals surface area contributed by atoms with E-state index in [1.807, 2.05) is 24.3 Å². The third-order valence-corrected chi connectivity index (χ3v) is 11.5. The van der Waals surface area contributed by atoms with E-state index in [9.17, 15) is 0 Å². The minimum absolute atomic E-state index is 0. The molecule has 0 amide bonds. The molecule has 4 N–H and O–H groups in total. The van der Waals surface area contributed by atoms with Gasteiger partial charge in [0.05, 0.1) is 37.1 Å². The van der Waals surface area contributed by atoms with Crippen molar-refractivity contribution < 1.29 is 61.3 Å². The zero-order chi connectivity index (χ0) is 33.0. The Morgan fingerprint density at radius 3 is 0.771 bits per heavy atom. The Morgan fingerprint density at radius 1 is 0.375 bits per heavy atom. The van der Waals surface area contributed by atoms with Crippen molar-refractivity contribution in [1.29, 1.82) is 0 Å². The van der Waals surface area contributed by atoms with Gasteiger partial charge in [0.1, 0.15) is 12.6 Å². The Morgan fingerprint density at radius 2 is 0.583 bits per heavy atom. The molecule has 0 aliphatic heterocycles. The van der Waals surface area contributed by atoms with Crippen molar-refractivity contribution in [1.82, 2.24) is 0 Å². The van der Waals surface area contributed by atoms with Crippen LogP contribution in [0.3, 0.4) is 0 Å². The second-order valence-corrected chi connectivity index (χ2v) is 14.9. The molecule has 48 heavy (non-hydrogen) atoms. The summed E-state index contributed by atoms with van der Waals surface area (Å²) in [4.78, 5) is 0. The molecule has 0 spiro atoms. The second-order valence-electron chi connectivity index (χ2n) is 10.0. The van der Waals surface area contributed by atoms with E-state index in [1.165, 1.54) is 45.7 Å². The average molecular weight is 862 g/mol. The fourth-order valence-electron chi connectivity index (χ4n) is 4.47. The van der Waals surface area contributed by atoms with Crippen LogP contribution in [0.1, 0.15) is 13.8 Å². The molecule has 8 heteroatoms. The van der Waals surface area contributed by atoms with E-state index < -0.39 is 28.4 Å². The summed E-state index contributed by atoms with van der Waals surface area (Å²) < 4.78 is 0. The van der Waals surface area contributed by atoms with E-state index >= 15 is 0 Å². The first kappa shape index (κ1) is 43.4. The van der Waals surface area contributed by atoms with Gasteiger partial charge < -0.3 is 20.4 Å². The molecule has 0 aliphatic rings. The topological polar surface area (TPSA) is 80.9 Å². The number of rotatable bonds is 6. The van der Waals surface area contributed by atoms with Crippen molar-refractivity contribution in [2.24, 2.45) is 0 Å². The molecule has 0 fully saturated rings. The molecule has 0 unspecified atom stereocenters. The van der Waals surface area contributed by atoms with Crippen LogP contribution in [-0.2, 0) is 40.8 Å². The van der Waals surface area contributed by atoms with E-state index in [-0.39, 0.29) is 40.8 Å². The summed E-state index contributed by atoms with van der Waals surface area (Å²) in [5.74, 6) is 0. The first-order valence-electron chi connectivity index (χ1n) is 15.0. The molecule has 6 rings (SSSR count). The van der Waals surface area contributed by atoms with Gasteiger partial charge >= 0.3 is 0 Å². The number of benzene rings is 6. The molecule has 0 saturated carbocycles. The third kappa shape index (κ3) is 16.2. The molecule has 0 aliphatic carbocycles. The van der Waals surface area contributed by atoms with Crippen molar-refractivity contribution in [3.63, 3.8) is 0 Å². The van der Waals surface area contributed by atoms with E-state index in [2.05, 4.69) is 158 Å². The summed E-state index contributed by atoms with van der Waals surface area (Å²) in [6, 6.07) is 66.5. The van der Waals surface area contributed by atoms with E-state index in [4.69, 9.17) is 20.4 Å². The van der Waals surface area contributed by atoms with Crippen molar-refractivity contribution in [3.8, 4) is 0 Å². The van der Waals surface area contributed by atoms with Crippen LogP contribution in [-0.4, -0.2) is 33.0 Å². The maximum absolute atomic E-state index is 7.61. The zero-order valence-electron chi connectivity index (χ0n) is 26.7. The monoisotopic (exact) mass is 860 g/mol. The number of hydrogen-bond donors (Lipinski definition) is 4. The Bertz CT molecular complexity index is 1280. The zero-order valence-corrected chi connectivity index (χ0v) is 31.9. The van der Waals surface area contributed by atoms with Crippen LogP contribution in [0.25, 0.3) is 0 Å². The number of aliphatic hydroxyl groups excluding tert-OH is 2. The van der Waals surface area contributed by atoms with Gasteiger partial charge in [0.2, 0.25) is 0 Å². The summed E-state index contributed by atoms with van der Waals surface area (Å²) in [6.45, 7) is 2.56. The Kier molecular flexibility index (Phi) is 22.9. The van der Waals surface area contributed by atoms with Crippen molar-refractivity contribution in [2.75, 3.05) is 0 Å². The fourth-order valence-corrected chi connectivity index (χ4v) is 9.47. The van der Waals surface area contributed by atoms with Gasteiger partial charge in [0.15, 0.2) is 0 Å². The summed E-state index contributed by atoms with van der Waals surface area (Å²) in [5, 5.41) is 38.7. The van der Waals surface area contributed by atoms with Crippen LogP contribution in [0.2, 0.25) is 0 Å². The molecule has 6 aromatic rings.